The number of aryl methyl sites for hydroxylation is 1. The second-order valence-electron chi connectivity index (χ2n) is 11.8. The molecule has 234 valence electrons. The molecule has 2 aromatic carbocycles. The molecule has 0 N–H and O–H groups in total. The number of aromatic nitrogens is 3. The van der Waals surface area contributed by atoms with Crippen molar-refractivity contribution in [2.24, 2.45) is 0 Å². The van der Waals surface area contributed by atoms with Crippen LogP contribution in [0, 0.1) is 24.4 Å². The Bertz CT molecular complexity index is 1920. The normalized spacial score (nSPS) is 16.6. The highest BCUT2D eigenvalue weighted by Crippen LogP contribution is 2.49. The van der Waals surface area contributed by atoms with Crippen LogP contribution in [0.1, 0.15) is 37.4 Å². The maximum absolute atomic E-state index is 17.4. The minimum atomic E-state index is -1.06. The van der Waals surface area contributed by atoms with Gasteiger partial charge in [0.1, 0.15) is 23.0 Å². The van der Waals surface area contributed by atoms with E-state index in [2.05, 4.69) is 16.5 Å². The summed E-state index contributed by atoms with van der Waals surface area (Å²) in [5, 5.41) is 0.0249. The van der Waals surface area contributed by atoms with Gasteiger partial charge >= 0.3 is 5.69 Å². The fourth-order valence-corrected chi connectivity index (χ4v) is 6.97. The number of nitrogens with zero attached hydrogens (tertiary/aromatic N) is 6. The molecular weight excluding hydrogens is 605 g/mol. The Morgan fingerprint density at radius 1 is 1.09 bits per heavy atom. The SMILES string of the molecule is C=CC(=O)N1CCN2c3nc(=O)n(-c4c(C)ccnc4C(C)C)c4c(F)c(-c5c(F)cccc5F)c(Cl)c(c34)N(C)CCC2C1. The molecule has 1 saturated heterocycles. The number of anilines is 2. The molecule has 45 heavy (non-hydrogen) atoms. The molecule has 2 aliphatic rings. The first kappa shape index (κ1) is 30.6. The summed E-state index contributed by atoms with van der Waals surface area (Å²) in [6, 6.07) is 4.70. The third-order valence-corrected chi connectivity index (χ3v) is 9.09. The molecule has 1 amide bonds. The predicted molar refractivity (Wildman–Crippen MR) is 170 cm³/mol. The van der Waals surface area contributed by atoms with Gasteiger partial charge in [-0.3, -0.25) is 14.3 Å². The van der Waals surface area contributed by atoms with Crippen molar-refractivity contribution in [2.75, 3.05) is 43.0 Å². The van der Waals surface area contributed by atoms with E-state index >= 15 is 13.2 Å². The van der Waals surface area contributed by atoms with Crippen molar-refractivity contribution >= 4 is 39.9 Å². The van der Waals surface area contributed by atoms with Gasteiger partial charge in [-0.2, -0.15) is 4.98 Å². The lowest BCUT2D eigenvalue weighted by atomic mass is 9.96. The number of piperazine rings is 1. The number of pyridine rings is 1. The first-order valence-electron chi connectivity index (χ1n) is 14.7. The van der Waals surface area contributed by atoms with Crippen molar-refractivity contribution < 1.29 is 18.0 Å². The summed E-state index contributed by atoms with van der Waals surface area (Å²) in [6.07, 6.45) is 3.40. The van der Waals surface area contributed by atoms with Crippen LogP contribution in [0.2, 0.25) is 5.02 Å². The lowest BCUT2D eigenvalue weighted by molar-refractivity contribution is -0.126. The molecule has 0 radical (unpaired) electrons. The molecule has 12 heteroatoms. The number of carbonyl (C=O) groups is 1. The lowest BCUT2D eigenvalue weighted by Crippen LogP contribution is -2.56. The van der Waals surface area contributed by atoms with Crippen molar-refractivity contribution in [3.8, 4) is 16.8 Å². The standard InChI is InChI=1S/C33H32ClF3N6O2/c1-6-22(44)41-14-15-42-19(16-41)11-13-40(5)30-25-31(27(37)24(26(30)34)23-20(35)8-7-9-21(23)36)43(33(45)39-32(25)42)29-18(4)10-12-38-28(29)17(2)3/h6-10,12,17,19H,1,11,13-16H2,2-5H3. The minimum Gasteiger partial charge on any atom is -0.373 e. The summed E-state index contributed by atoms with van der Waals surface area (Å²) in [7, 11) is 1.75. The monoisotopic (exact) mass is 636 g/mol. The fourth-order valence-electron chi connectivity index (χ4n) is 6.56. The average molecular weight is 637 g/mol. The van der Waals surface area contributed by atoms with Crippen molar-refractivity contribution in [1.82, 2.24) is 19.4 Å². The van der Waals surface area contributed by atoms with Gasteiger partial charge in [-0.05, 0) is 49.1 Å². The number of hydrogen-bond donors (Lipinski definition) is 0. The van der Waals surface area contributed by atoms with Crippen LogP contribution < -0.4 is 15.5 Å². The van der Waals surface area contributed by atoms with Gasteiger partial charge in [-0.25, -0.2) is 18.0 Å². The van der Waals surface area contributed by atoms with Crippen molar-refractivity contribution in [3.63, 3.8) is 0 Å². The van der Waals surface area contributed by atoms with Gasteiger partial charge < -0.3 is 14.7 Å². The summed E-state index contributed by atoms with van der Waals surface area (Å²) in [4.78, 5) is 41.2. The number of benzene rings is 2. The molecule has 4 aromatic rings. The van der Waals surface area contributed by atoms with Crippen LogP contribution in [0.15, 0.2) is 47.9 Å². The van der Waals surface area contributed by atoms with Crippen molar-refractivity contribution in [2.45, 2.75) is 39.2 Å². The molecule has 1 atom stereocenters. The fraction of sp³-hybridized carbons (Fsp3) is 0.333. The van der Waals surface area contributed by atoms with Gasteiger partial charge in [0.25, 0.3) is 0 Å². The van der Waals surface area contributed by atoms with E-state index in [1.165, 1.54) is 12.1 Å². The predicted octanol–water partition coefficient (Wildman–Crippen LogP) is 5.99. The summed E-state index contributed by atoms with van der Waals surface area (Å²) in [6.45, 7) is 10.6. The largest absolute Gasteiger partial charge is 0.373 e. The molecule has 1 fully saturated rings. The second-order valence-corrected chi connectivity index (χ2v) is 12.2. The Balaban J connectivity index is 1.80. The van der Waals surface area contributed by atoms with E-state index in [9.17, 15) is 9.59 Å². The van der Waals surface area contributed by atoms with Gasteiger partial charge in [-0.15, -0.1) is 0 Å². The Hall–Kier alpha value is -4.38. The minimum absolute atomic E-state index is 0.166. The molecular formula is C33H32ClF3N6O2. The van der Waals surface area contributed by atoms with E-state index in [0.717, 1.165) is 16.7 Å². The number of hydrogen-bond acceptors (Lipinski definition) is 6. The van der Waals surface area contributed by atoms with E-state index in [1.54, 1.807) is 36.0 Å². The molecule has 2 aliphatic heterocycles. The van der Waals surface area contributed by atoms with Gasteiger partial charge in [0.2, 0.25) is 5.91 Å². The lowest BCUT2D eigenvalue weighted by Gasteiger charge is -2.44. The molecule has 0 saturated carbocycles. The van der Waals surface area contributed by atoms with Gasteiger partial charge in [0.05, 0.1) is 33.0 Å². The van der Waals surface area contributed by atoms with E-state index in [-0.39, 0.29) is 45.3 Å². The highest BCUT2D eigenvalue weighted by molar-refractivity contribution is 6.38. The van der Waals surface area contributed by atoms with Crippen LogP contribution >= 0.6 is 11.6 Å². The average Bonchev–Trinajstić information content (AvgIpc) is 3.00. The molecule has 2 aromatic heterocycles. The second kappa shape index (κ2) is 11.5. The molecule has 1 unspecified atom stereocenters. The number of fused-ring (bicyclic) bond motifs is 2. The van der Waals surface area contributed by atoms with Crippen molar-refractivity contribution in [3.05, 3.63) is 87.3 Å². The number of carbonyl (C=O) groups excluding carboxylic acids is 1. The molecule has 0 aliphatic carbocycles. The van der Waals surface area contributed by atoms with Crippen LogP contribution in [0.5, 0.6) is 0 Å². The van der Waals surface area contributed by atoms with Crippen molar-refractivity contribution in [1.29, 1.82) is 0 Å². The molecule has 6 rings (SSSR count). The van der Waals surface area contributed by atoms with Crippen LogP contribution in [0.4, 0.5) is 24.7 Å². The summed E-state index contributed by atoms with van der Waals surface area (Å²) in [5.74, 6) is -3.24. The third kappa shape index (κ3) is 4.84. The quantitative estimate of drug-likeness (QED) is 0.256. The third-order valence-electron chi connectivity index (χ3n) is 8.73. The maximum atomic E-state index is 17.4. The van der Waals surface area contributed by atoms with E-state index in [4.69, 9.17) is 11.6 Å². The Morgan fingerprint density at radius 2 is 1.80 bits per heavy atom. The van der Waals surface area contributed by atoms with Gasteiger partial charge in [-0.1, -0.05) is 38.1 Å². The zero-order chi connectivity index (χ0) is 32.3. The molecule has 4 heterocycles. The zero-order valence-electron chi connectivity index (χ0n) is 25.4. The highest BCUT2D eigenvalue weighted by atomic mass is 35.5. The molecule has 8 nitrogen and oxygen atoms in total. The van der Waals surface area contributed by atoms with E-state index < -0.39 is 34.3 Å². The summed E-state index contributed by atoms with van der Waals surface area (Å²) < 4.78 is 49.2. The molecule has 0 bridgehead atoms. The van der Waals surface area contributed by atoms with Crippen LogP contribution in [-0.4, -0.2) is 64.6 Å². The molecule has 0 spiro atoms. The van der Waals surface area contributed by atoms with Gasteiger partial charge in [0.15, 0.2) is 5.82 Å². The topological polar surface area (TPSA) is 74.6 Å². The first-order chi connectivity index (χ1) is 21.5. The highest BCUT2D eigenvalue weighted by Gasteiger charge is 2.38. The van der Waals surface area contributed by atoms with Crippen LogP contribution in [0.25, 0.3) is 27.7 Å². The van der Waals surface area contributed by atoms with E-state index in [0.29, 0.717) is 49.5 Å². The Labute approximate surface area is 263 Å². The smallest absolute Gasteiger partial charge is 0.354 e. The Kier molecular flexibility index (Phi) is 7.84. The first-order valence-corrected chi connectivity index (χ1v) is 15.1. The number of amides is 1. The maximum Gasteiger partial charge on any atom is 0.354 e. The van der Waals surface area contributed by atoms with Crippen LogP contribution in [-0.2, 0) is 4.79 Å². The number of halogens is 4. The van der Waals surface area contributed by atoms with Gasteiger partial charge in [0, 0.05) is 51.0 Å². The summed E-state index contributed by atoms with van der Waals surface area (Å²) >= 11 is 6.98. The zero-order valence-corrected chi connectivity index (χ0v) is 26.1. The summed E-state index contributed by atoms with van der Waals surface area (Å²) in [5.41, 5.74) is -0.325. The Morgan fingerprint density at radius 3 is 2.47 bits per heavy atom. The number of rotatable bonds is 4. The van der Waals surface area contributed by atoms with E-state index in [1.807, 2.05) is 18.7 Å². The van der Waals surface area contributed by atoms with Crippen LogP contribution in [0.3, 0.4) is 0 Å².